The summed E-state index contributed by atoms with van der Waals surface area (Å²) in [6.45, 7) is 2.69. The van der Waals surface area contributed by atoms with Crippen LogP contribution in [-0.2, 0) is 0 Å². The number of nitriles is 1. The van der Waals surface area contributed by atoms with E-state index >= 15 is 0 Å². The molecule has 0 fully saturated rings. The fraction of sp³-hybridized carbons (Fsp3) is 0.357. The van der Waals surface area contributed by atoms with E-state index < -0.39 is 0 Å². The number of rotatable bonds is 6. The van der Waals surface area contributed by atoms with E-state index in [1.807, 2.05) is 19.1 Å². The summed E-state index contributed by atoms with van der Waals surface area (Å²) in [5.74, 6) is 1.08. The summed E-state index contributed by atoms with van der Waals surface area (Å²) in [4.78, 5) is 4.36. The van der Waals surface area contributed by atoms with E-state index in [2.05, 4.69) is 21.5 Å². The van der Waals surface area contributed by atoms with Gasteiger partial charge in [0.25, 0.3) is 0 Å². The summed E-state index contributed by atoms with van der Waals surface area (Å²) in [6, 6.07) is 9.34. The van der Waals surface area contributed by atoms with Gasteiger partial charge in [-0.15, -0.1) is 0 Å². The van der Waals surface area contributed by atoms with Crippen LogP contribution >= 0.6 is 11.6 Å². The molecule has 0 aliphatic carbocycles. The number of nitrogens with zero attached hydrogens (tertiary/aromatic N) is 3. The number of nitrogens with one attached hydrogen (secondary N) is 1. The lowest BCUT2D eigenvalue weighted by Crippen LogP contribution is -2.20. The van der Waals surface area contributed by atoms with Gasteiger partial charge in [0, 0.05) is 17.0 Å². The van der Waals surface area contributed by atoms with E-state index in [9.17, 15) is 0 Å². The van der Waals surface area contributed by atoms with Crippen molar-refractivity contribution in [1.82, 2.24) is 15.5 Å². The molecule has 1 atom stereocenters. The van der Waals surface area contributed by atoms with E-state index in [1.165, 1.54) is 0 Å². The highest BCUT2D eigenvalue weighted by Gasteiger charge is 2.14. The van der Waals surface area contributed by atoms with E-state index in [0.29, 0.717) is 23.2 Å². The van der Waals surface area contributed by atoms with Crippen molar-refractivity contribution in [1.29, 1.82) is 5.26 Å². The van der Waals surface area contributed by atoms with E-state index in [-0.39, 0.29) is 6.04 Å². The lowest BCUT2D eigenvalue weighted by molar-refractivity contribution is 0.339. The molecule has 2 rings (SSSR count). The number of aromatic nitrogens is 2. The summed E-state index contributed by atoms with van der Waals surface area (Å²) >= 11 is 5.84. The highest BCUT2D eigenvalue weighted by molar-refractivity contribution is 6.30. The molecule has 0 unspecified atom stereocenters. The Morgan fingerprint density at radius 1 is 1.40 bits per heavy atom. The van der Waals surface area contributed by atoms with Gasteiger partial charge >= 0.3 is 0 Å². The van der Waals surface area contributed by atoms with Crippen LogP contribution in [0.25, 0.3) is 11.4 Å². The highest BCUT2D eigenvalue weighted by Crippen LogP contribution is 2.20. The Bertz CT molecular complexity index is 588. The third kappa shape index (κ3) is 3.80. The first-order valence-corrected chi connectivity index (χ1v) is 6.78. The largest absolute Gasteiger partial charge is 0.337 e. The first-order valence-electron chi connectivity index (χ1n) is 6.40. The summed E-state index contributed by atoms with van der Waals surface area (Å²) < 4.78 is 5.25. The maximum Gasteiger partial charge on any atom is 0.243 e. The topological polar surface area (TPSA) is 74.7 Å². The SMILES string of the molecule is C[C@@H](NCCCC#N)c1nc(-c2ccc(Cl)cc2)no1. The number of hydrogen-bond acceptors (Lipinski definition) is 5. The van der Waals surface area contributed by atoms with Crippen molar-refractivity contribution in [2.24, 2.45) is 0 Å². The minimum absolute atomic E-state index is 0.0396. The fourth-order valence-corrected chi connectivity index (χ4v) is 1.83. The van der Waals surface area contributed by atoms with E-state index in [4.69, 9.17) is 21.4 Å². The molecule has 0 saturated carbocycles. The van der Waals surface area contributed by atoms with Gasteiger partial charge in [-0.1, -0.05) is 16.8 Å². The minimum atomic E-state index is -0.0396. The monoisotopic (exact) mass is 290 g/mol. The van der Waals surface area contributed by atoms with Crippen molar-refractivity contribution in [3.05, 3.63) is 35.2 Å². The van der Waals surface area contributed by atoms with Crippen molar-refractivity contribution in [3.8, 4) is 17.5 Å². The molecule has 0 radical (unpaired) electrons. The zero-order chi connectivity index (χ0) is 14.4. The fourth-order valence-electron chi connectivity index (χ4n) is 1.70. The van der Waals surface area contributed by atoms with Crippen LogP contribution in [0.4, 0.5) is 0 Å². The van der Waals surface area contributed by atoms with Gasteiger partial charge < -0.3 is 9.84 Å². The third-order valence-corrected chi connectivity index (χ3v) is 3.08. The molecule has 1 aromatic heterocycles. The molecule has 1 heterocycles. The summed E-state index contributed by atoms with van der Waals surface area (Å²) in [5.41, 5.74) is 0.862. The Morgan fingerprint density at radius 3 is 2.85 bits per heavy atom. The molecule has 0 saturated heterocycles. The van der Waals surface area contributed by atoms with Crippen LogP contribution in [0.3, 0.4) is 0 Å². The average Bonchev–Trinajstić information content (AvgIpc) is 2.94. The van der Waals surface area contributed by atoms with E-state index in [1.54, 1.807) is 12.1 Å². The summed E-state index contributed by atoms with van der Waals surface area (Å²) in [5, 5.41) is 16.3. The van der Waals surface area contributed by atoms with Crippen LogP contribution in [0.15, 0.2) is 28.8 Å². The van der Waals surface area contributed by atoms with Crippen LogP contribution in [0.5, 0.6) is 0 Å². The first-order chi connectivity index (χ1) is 9.70. The highest BCUT2D eigenvalue weighted by atomic mass is 35.5. The molecule has 5 nitrogen and oxygen atoms in total. The lowest BCUT2D eigenvalue weighted by Gasteiger charge is -2.07. The molecular formula is C14H15ClN4O. The Hall–Kier alpha value is -1.90. The Morgan fingerprint density at radius 2 is 2.15 bits per heavy atom. The van der Waals surface area contributed by atoms with Gasteiger partial charge in [-0.05, 0) is 44.2 Å². The quantitative estimate of drug-likeness (QED) is 0.826. The van der Waals surface area contributed by atoms with Gasteiger partial charge in [0.2, 0.25) is 11.7 Å². The van der Waals surface area contributed by atoms with E-state index in [0.717, 1.165) is 18.5 Å². The summed E-state index contributed by atoms with van der Waals surface area (Å²) in [7, 11) is 0. The van der Waals surface area contributed by atoms with Crippen LogP contribution in [-0.4, -0.2) is 16.7 Å². The van der Waals surface area contributed by atoms with Crippen molar-refractivity contribution in [2.45, 2.75) is 25.8 Å². The molecule has 2 aromatic rings. The molecule has 0 spiro atoms. The lowest BCUT2D eigenvalue weighted by atomic mass is 10.2. The third-order valence-electron chi connectivity index (χ3n) is 2.83. The molecule has 6 heteroatoms. The minimum Gasteiger partial charge on any atom is -0.337 e. The van der Waals surface area contributed by atoms with Gasteiger partial charge in [0.1, 0.15) is 0 Å². The maximum absolute atomic E-state index is 8.47. The van der Waals surface area contributed by atoms with Gasteiger partial charge in [-0.2, -0.15) is 10.2 Å². The Labute approximate surface area is 122 Å². The smallest absolute Gasteiger partial charge is 0.243 e. The van der Waals surface area contributed by atoms with Crippen molar-refractivity contribution >= 4 is 11.6 Å². The molecule has 1 aromatic carbocycles. The number of unbranched alkanes of at least 4 members (excludes halogenated alkanes) is 1. The van der Waals surface area contributed by atoms with Crippen LogP contribution < -0.4 is 5.32 Å². The Balaban J connectivity index is 1.98. The van der Waals surface area contributed by atoms with Gasteiger partial charge in [-0.25, -0.2) is 0 Å². The van der Waals surface area contributed by atoms with Crippen LogP contribution in [0.1, 0.15) is 31.7 Å². The first kappa shape index (κ1) is 14.5. The molecule has 0 aliphatic heterocycles. The zero-order valence-electron chi connectivity index (χ0n) is 11.1. The van der Waals surface area contributed by atoms with Crippen molar-refractivity contribution in [2.75, 3.05) is 6.54 Å². The maximum atomic E-state index is 8.47. The average molecular weight is 291 g/mol. The second-order valence-corrected chi connectivity index (χ2v) is 4.84. The molecular weight excluding hydrogens is 276 g/mol. The predicted molar refractivity (Wildman–Crippen MR) is 76.0 cm³/mol. The zero-order valence-corrected chi connectivity index (χ0v) is 11.9. The molecule has 20 heavy (non-hydrogen) atoms. The molecule has 104 valence electrons. The molecule has 1 N–H and O–H groups in total. The number of halogens is 1. The summed E-state index contributed by atoms with van der Waals surface area (Å²) in [6.07, 6.45) is 1.35. The standard InChI is InChI=1S/C14H15ClN4O/c1-10(17-9-3-2-8-16)14-18-13(19-20-14)11-4-6-12(15)7-5-11/h4-7,10,17H,2-3,9H2,1H3/t10-/m1/s1. The predicted octanol–water partition coefficient (Wildman–Crippen LogP) is 3.34. The second-order valence-electron chi connectivity index (χ2n) is 4.40. The molecule has 0 amide bonds. The normalized spacial score (nSPS) is 12.1. The van der Waals surface area contributed by atoms with Crippen molar-refractivity contribution < 1.29 is 4.52 Å². The van der Waals surface area contributed by atoms with Crippen molar-refractivity contribution in [3.63, 3.8) is 0 Å². The van der Waals surface area contributed by atoms with Crippen LogP contribution in [0.2, 0.25) is 5.02 Å². The number of benzene rings is 1. The number of hydrogen-bond donors (Lipinski definition) is 1. The molecule has 0 aliphatic rings. The Kier molecular flexibility index (Phi) is 5.10. The second kappa shape index (κ2) is 7.04. The van der Waals surface area contributed by atoms with Gasteiger partial charge in [0.05, 0.1) is 12.1 Å². The molecule has 0 bridgehead atoms. The van der Waals surface area contributed by atoms with Gasteiger partial charge in [0.15, 0.2) is 0 Å². The van der Waals surface area contributed by atoms with Gasteiger partial charge in [-0.3, -0.25) is 0 Å². The van der Waals surface area contributed by atoms with Crippen LogP contribution in [0, 0.1) is 11.3 Å².